The molecule has 0 spiro atoms. The van der Waals surface area contributed by atoms with Crippen LogP contribution < -0.4 is 5.73 Å². The van der Waals surface area contributed by atoms with Crippen molar-refractivity contribution in [1.82, 2.24) is 0 Å². The van der Waals surface area contributed by atoms with Crippen LogP contribution in [0.15, 0.2) is 28.7 Å². The number of rotatable bonds is 5. The maximum atomic E-state index is 12.7. The topological polar surface area (TPSA) is 35.2 Å². The van der Waals surface area contributed by atoms with Gasteiger partial charge in [-0.05, 0) is 24.1 Å². The first kappa shape index (κ1) is 15.5. The zero-order valence-corrected chi connectivity index (χ0v) is 11.5. The zero-order valence-electron chi connectivity index (χ0n) is 9.88. The summed E-state index contributed by atoms with van der Waals surface area (Å²) in [4.78, 5) is 0. The molecule has 1 aromatic rings. The zero-order chi connectivity index (χ0) is 13.8. The van der Waals surface area contributed by atoms with Gasteiger partial charge >= 0.3 is 6.18 Å². The predicted molar refractivity (Wildman–Crippen MR) is 67.0 cm³/mol. The summed E-state index contributed by atoms with van der Waals surface area (Å²) in [6.45, 7) is 1.50. The fraction of sp³-hybridized carbons (Fsp3) is 0.500. The maximum absolute atomic E-state index is 12.7. The molecule has 0 aliphatic rings. The minimum atomic E-state index is -4.44. The number of ether oxygens (including phenoxy) is 1. The SMILES string of the molecule is CCC(N)C(OCc1ccc(Br)cc1)C(F)(F)F. The lowest BCUT2D eigenvalue weighted by Crippen LogP contribution is -2.46. The summed E-state index contributed by atoms with van der Waals surface area (Å²) in [5, 5.41) is 0. The third-order valence-electron chi connectivity index (χ3n) is 2.53. The number of benzene rings is 1. The highest BCUT2D eigenvalue weighted by molar-refractivity contribution is 9.10. The largest absolute Gasteiger partial charge is 0.416 e. The first-order valence-corrected chi connectivity index (χ1v) is 6.32. The smallest absolute Gasteiger partial charge is 0.362 e. The molecule has 2 N–H and O–H groups in total. The van der Waals surface area contributed by atoms with Crippen molar-refractivity contribution >= 4 is 15.9 Å². The highest BCUT2D eigenvalue weighted by atomic mass is 79.9. The molecule has 2 atom stereocenters. The van der Waals surface area contributed by atoms with Crippen LogP contribution in [0.2, 0.25) is 0 Å². The molecule has 18 heavy (non-hydrogen) atoms. The van der Waals surface area contributed by atoms with Crippen LogP contribution in [-0.2, 0) is 11.3 Å². The van der Waals surface area contributed by atoms with E-state index in [-0.39, 0.29) is 13.0 Å². The van der Waals surface area contributed by atoms with E-state index in [1.165, 1.54) is 0 Å². The minimum Gasteiger partial charge on any atom is -0.362 e. The third kappa shape index (κ3) is 4.59. The third-order valence-corrected chi connectivity index (χ3v) is 3.05. The Morgan fingerprint density at radius 2 is 1.83 bits per heavy atom. The van der Waals surface area contributed by atoms with E-state index < -0.39 is 18.3 Å². The monoisotopic (exact) mass is 325 g/mol. The van der Waals surface area contributed by atoms with Crippen LogP contribution in [0.3, 0.4) is 0 Å². The summed E-state index contributed by atoms with van der Waals surface area (Å²) in [5.41, 5.74) is 6.12. The van der Waals surface area contributed by atoms with E-state index in [4.69, 9.17) is 10.5 Å². The quantitative estimate of drug-likeness (QED) is 0.897. The molecule has 0 amide bonds. The first-order chi connectivity index (χ1) is 8.34. The van der Waals surface area contributed by atoms with Crippen LogP contribution >= 0.6 is 15.9 Å². The fourth-order valence-corrected chi connectivity index (χ4v) is 1.71. The molecule has 1 rings (SSSR count). The van der Waals surface area contributed by atoms with Crippen LogP contribution in [0.25, 0.3) is 0 Å². The summed E-state index contributed by atoms with van der Waals surface area (Å²) in [6.07, 6.45) is -6.15. The van der Waals surface area contributed by atoms with Crippen molar-refractivity contribution in [3.8, 4) is 0 Å². The van der Waals surface area contributed by atoms with Crippen molar-refractivity contribution < 1.29 is 17.9 Å². The van der Waals surface area contributed by atoms with Crippen molar-refractivity contribution in [2.75, 3.05) is 0 Å². The predicted octanol–water partition coefficient (Wildman–Crippen LogP) is 3.63. The number of halogens is 4. The Balaban J connectivity index is 2.65. The van der Waals surface area contributed by atoms with Crippen LogP contribution in [0.4, 0.5) is 13.2 Å². The molecule has 0 aliphatic carbocycles. The van der Waals surface area contributed by atoms with E-state index in [1.54, 1.807) is 31.2 Å². The molecule has 2 unspecified atom stereocenters. The van der Waals surface area contributed by atoms with E-state index >= 15 is 0 Å². The Morgan fingerprint density at radius 3 is 2.28 bits per heavy atom. The van der Waals surface area contributed by atoms with Crippen LogP contribution in [0.1, 0.15) is 18.9 Å². The molecule has 0 bridgehead atoms. The van der Waals surface area contributed by atoms with Gasteiger partial charge in [-0.15, -0.1) is 0 Å². The van der Waals surface area contributed by atoms with Crippen LogP contribution in [-0.4, -0.2) is 18.3 Å². The molecule has 0 aromatic heterocycles. The van der Waals surface area contributed by atoms with Gasteiger partial charge in [0.15, 0.2) is 6.10 Å². The second-order valence-electron chi connectivity index (χ2n) is 3.97. The Kier molecular flexibility index (Phi) is 5.62. The molecular weight excluding hydrogens is 311 g/mol. The maximum Gasteiger partial charge on any atom is 0.416 e. The van der Waals surface area contributed by atoms with E-state index in [9.17, 15) is 13.2 Å². The van der Waals surface area contributed by atoms with Gasteiger partial charge in [-0.2, -0.15) is 13.2 Å². The van der Waals surface area contributed by atoms with E-state index in [0.717, 1.165) is 4.47 Å². The van der Waals surface area contributed by atoms with E-state index in [0.29, 0.717) is 5.56 Å². The van der Waals surface area contributed by atoms with Gasteiger partial charge in [0.1, 0.15) is 0 Å². The van der Waals surface area contributed by atoms with Gasteiger partial charge in [-0.3, -0.25) is 0 Å². The Hall–Kier alpha value is -0.590. The highest BCUT2D eigenvalue weighted by Gasteiger charge is 2.43. The van der Waals surface area contributed by atoms with Gasteiger partial charge in [-0.1, -0.05) is 35.0 Å². The molecule has 102 valence electrons. The number of hydrogen-bond donors (Lipinski definition) is 1. The number of alkyl halides is 3. The molecule has 0 saturated heterocycles. The van der Waals surface area contributed by atoms with Crippen molar-refractivity contribution in [1.29, 1.82) is 0 Å². The standard InChI is InChI=1S/C12H15BrF3NO/c1-2-10(17)11(12(14,15)16)18-7-8-3-5-9(13)6-4-8/h3-6,10-11H,2,7,17H2,1H3. The van der Waals surface area contributed by atoms with Crippen molar-refractivity contribution in [3.05, 3.63) is 34.3 Å². The molecule has 0 saturated carbocycles. The van der Waals surface area contributed by atoms with Gasteiger partial charge < -0.3 is 10.5 Å². The van der Waals surface area contributed by atoms with Gasteiger partial charge in [0.25, 0.3) is 0 Å². The van der Waals surface area contributed by atoms with Gasteiger partial charge in [0.05, 0.1) is 6.61 Å². The summed E-state index contributed by atoms with van der Waals surface area (Å²) >= 11 is 3.25. The molecule has 0 fully saturated rings. The highest BCUT2D eigenvalue weighted by Crippen LogP contribution is 2.26. The van der Waals surface area contributed by atoms with Crippen molar-refractivity contribution in [2.24, 2.45) is 5.73 Å². The lowest BCUT2D eigenvalue weighted by Gasteiger charge is -2.25. The second kappa shape index (κ2) is 6.54. The molecule has 6 heteroatoms. The van der Waals surface area contributed by atoms with E-state index in [2.05, 4.69) is 15.9 Å². The second-order valence-corrected chi connectivity index (χ2v) is 4.89. The van der Waals surface area contributed by atoms with Crippen molar-refractivity contribution in [3.63, 3.8) is 0 Å². The van der Waals surface area contributed by atoms with Gasteiger partial charge in [-0.25, -0.2) is 0 Å². The summed E-state index contributed by atoms with van der Waals surface area (Å²) in [6, 6.07) is 5.87. The molecule has 1 aromatic carbocycles. The Bertz CT molecular complexity index is 367. The lowest BCUT2D eigenvalue weighted by atomic mass is 10.1. The average molecular weight is 326 g/mol. The van der Waals surface area contributed by atoms with Crippen LogP contribution in [0, 0.1) is 0 Å². The summed E-state index contributed by atoms with van der Waals surface area (Å²) < 4.78 is 43.9. The Morgan fingerprint density at radius 1 is 1.28 bits per heavy atom. The molecule has 0 radical (unpaired) electrons. The minimum absolute atomic E-state index is 0.106. The fourth-order valence-electron chi connectivity index (χ4n) is 1.44. The lowest BCUT2D eigenvalue weighted by molar-refractivity contribution is -0.229. The molecule has 0 heterocycles. The van der Waals surface area contributed by atoms with E-state index in [1.807, 2.05) is 0 Å². The molecule has 2 nitrogen and oxygen atoms in total. The number of hydrogen-bond acceptors (Lipinski definition) is 2. The summed E-state index contributed by atoms with van der Waals surface area (Å²) in [5.74, 6) is 0. The molecular formula is C12H15BrF3NO. The Labute approximate surface area is 112 Å². The van der Waals surface area contributed by atoms with Gasteiger partial charge in [0, 0.05) is 10.5 Å². The molecule has 0 aliphatic heterocycles. The van der Waals surface area contributed by atoms with Crippen molar-refractivity contribution in [2.45, 2.75) is 38.3 Å². The van der Waals surface area contributed by atoms with Crippen LogP contribution in [0.5, 0.6) is 0 Å². The van der Waals surface area contributed by atoms with Gasteiger partial charge in [0.2, 0.25) is 0 Å². The number of nitrogens with two attached hydrogens (primary N) is 1. The normalized spacial score (nSPS) is 15.4. The summed E-state index contributed by atoms with van der Waals surface area (Å²) in [7, 11) is 0. The average Bonchev–Trinajstić information content (AvgIpc) is 2.29. The first-order valence-electron chi connectivity index (χ1n) is 5.53.